The molecule has 1 unspecified atom stereocenters. The van der Waals surface area contributed by atoms with Crippen LogP contribution in [0.4, 0.5) is 0 Å². The van der Waals surface area contributed by atoms with Crippen LogP contribution in [0, 0.1) is 0 Å². The highest BCUT2D eigenvalue weighted by atomic mass is 16.5. The molecule has 0 aromatic rings. The predicted molar refractivity (Wildman–Crippen MR) is 46.8 cm³/mol. The van der Waals surface area contributed by atoms with Crippen molar-refractivity contribution >= 4 is 0 Å². The van der Waals surface area contributed by atoms with Gasteiger partial charge in [0.1, 0.15) is 0 Å². The first-order valence-corrected chi connectivity index (χ1v) is 4.66. The minimum Gasteiger partial charge on any atom is -0.385 e. The number of methoxy groups -OCH3 is 1. The molecule has 2 nitrogen and oxygen atoms in total. The van der Waals surface area contributed by atoms with E-state index in [1.54, 1.807) is 7.11 Å². The van der Waals surface area contributed by atoms with Crippen LogP contribution in [-0.2, 0) is 4.74 Å². The van der Waals surface area contributed by atoms with Gasteiger partial charge in [0, 0.05) is 19.8 Å². The van der Waals surface area contributed by atoms with Crippen molar-refractivity contribution < 1.29 is 4.74 Å². The molecule has 1 aliphatic rings. The molecule has 11 heavy (non-hydrogen) atoms. The Labute approximate surface area is 69.3 Å². The number of nitrogens with one attached hydrogen (secondary N) is 1. The minimum atomic E-state index is 0.812. The van der Waals surface area contributed by atoms with Gasteiger partial charge in [0.15, 0.2) is 0 Å². The van der Waals surface area contributed by atoms with Crippen molar-refractivity contribution in [2.75, 3.05) is 20.3 Å². The second-order valence-electron chi connectivity index (χ2n) is 3.28. The standard InChI is InChI=1S/C9H19NO/c1-11-8-3-2-5-9-6-4-7-10-9/h9-10H,2-8H2,1H3. The molecule has 0 amide bonds. The van der Waals surface area contributed by atoms with Crippen molar-refractivity contribution in [1.82, 2.24) is 5.32 Å². The van der Waals surface area contributed by atoms with E-state index in [0.717, 1.165) is 12.6 Å². The quantitative estimate of drug-likeness (QED) is 0.611. The first-order valence-electron chi connectivity index (χ1n) is 4.66. The SMILES string of the molecule is COCCCCC1CCCN1. The average molecular weight is 157 g/mol. The summed E-state index contributed by atoms with van der Waals surface area (Å²) in [6.45, 7) is 2.15. The summed E-state index contributed by atoms with van der Waals surface area (Å²) in [4.78, 5) is 0. The lowest BCUT2D eigenvalue weighted by molar-refractivity contribution is 0.191. The largest absolute Gasteiger partial charge is 0.385 e. The van der Waals surface area contributed by atoms with Gasteiger partial charge in [0.2, 0.25) is 0 Å². The van der Waals surface area contributed by atoms with Gasteiger partial charge in [-0.15, -0.1) is 0 Å². The summed E-state index contributed by atoms with van der Waals surface area (Å²) in [6, 6.07) is 0.812. The van der Waals surface area contributed by atoms with Gasteiger partial charge >= 0.3 is 0 Å². The highest BCUT2D eigenvalue weighted by Crippen LogP contribution is 2.11. The van der Waals surface area contributed by atoms with Crippen LogP contribution in [0.3, 0.4) is 0 Å². The summed E-state index contributed by atoms with van der Waals surface area (Å²) >= 11 is 0. The summed E-state index contributed by atoms with van der Waals surface area (Å²) in [6.07, 6.45) is 6.62. The predicted octanol–water partition coefficient (Wildman–Crippen LogP) is 1.56. The summed E-state index contributed by atoms with van der Waals surface area (Å²) in [7, 11) is 1.77. The fourth-order valence-electron chi connectivity index (χ4n) is 1.64. The molecule has 0 aromatic heterocycles. The lowest BCUT2D eigenvalue weighted by atomic mass is 10.1. The van der Waals surface area contributed by atoms with Crippen molar-refractivity contribution in [1.29, 1.82) is 0 Å². The third-order valence-electron chi connectivity index (χ3n) is 2.31. The molecule has 1 heterocycles. The Morgan fingerprint density at radius 1 is 1.45 bits per heavy atom. The van der Waals surface area contributed by atoms with Crippen LogP contribution >= 0.6 is 0 Å². The first kappa shape index (κ1) is 9.01. The number of hydrogen-bond acceptors (Lipinski definition) is 2. The maximum atomic E-state index is 4.99. The molecule has 0 spiro atoms. The Morgan fingerprint density at radius 2 is 2.36 bits per heavy atom. The lowest BCUT2D eigenvalue weighted by Gasteiger charge is -2.08. The highest BCUT2D eigenvalue weighted by Gasteiger charge is 2.12. The number of rotatable bonds is 5. The molecular formula is C9H19NO. The molecule has 0 aromatic carbocycles. The Kier molecular flexibility index (Phi) is 4.55. The van der Waals surface area contributed by atoms with E-state index >= 15 is 0 Å². The van der Waals surface area contributed by atoms with Crippen LogP contribution in [0.2, 0.25) is 0 Å². The van der Waals surface area contributed by atoms with Crippen molar-refractivity contribution in [3.05, 3.63) is 0 Å². The molecule has 2 heteroatoms. The number of unbranched alkanes of at least 4 members (excludes halogenated alkanes) is 1. The van der Waals surface area contributed by atoms with Gasteiger partial charge in [-0.05, 0) is 38.6 Å². The van der Waals surface area contributed by atoms with Gasteiger partial charge < -0.3 is 10.1 Å². The summed E-state index contributed by atoms with van der Waals surface area (Å²) in [5, 5.41) is 3.49. The average Bonchev–Trinajstić information content (AvgIpc) is 2.50. The van der Waals surface area contributed by atoms with E-state index in [0.29, 0.717) is 0 Å². The molecule has 1 N–H and O–H groups in total. The fourth-order valence-corrected chi connectivity index (χ4v) is 1.64. The summed E-state index contributed by atoms with van der Waals surface area (Å²) < 4.78 is 4.99. The van der Waals surface area contributed by atoms with Crippen LogP contribution in [0.1, 0.15) is 32.1 Å². The van der Waals surface area contributed by atoms with Crippen molar-refractivity contribution in [2.24, 2.45) is 0 Å². The van der Waals surface area contributed by atoms with Gasteiger partial charge in [-0.2, -0.15) is 0 Å². The van der Waals surface area contributed by atoms with Gasteiger partial charge in [-0.1, -0.05) is 0 Å². The zero-order valence-corrected chi connectivity index (χ0v) is 7.44. The second-order valence-corrected chi connectivity index (χ2v) is 3.28. The van der Waals surface area contributed by atoms with Crippen molar-refractivity contribution in [3.63, 3.8) is 0 Å². The van der Waals surface area contributed by atoms with Crippen LogP contribution in [0.15, 0.2) is 0 Å². The molecule has 66 valence electrons. The molecule has 0 saturated carbocycles. The normalized spacial score (nSPS) is 24.3. The third kappa shape index (κ3) is 3.73. The zero-order chi connectivity index (χ0) is 7.94. The summed E-state index contributed by atoms with van der Waals surface area (Å²) in [5.74, 6) is 0. The molecule has 0 bridgehead atoms. The van der Waals surface area contributed by atoms with Gasteiger partial charge in [-0.3, -0.25) is 0 Å². The van der Waals surface area contributed by atoms with Crippen molar-refractivity contribution in [3.8, 4) is 0 Å². The molecule has 1 atom stereocenters. The maximum absolute atomic E-state index is 4.99. The zero-order valence-electron chi connectivity index (χ0n) is 7.44. The minimum absolute atomic E-state index is 0.812. The maximum Gasteiger partial charge on any atom is 0.0462 e. The van der Waals surface area contributed by atoms with E-state index in [4.69, 9.17) is 4.74 Å². The van der Waals surface area contributed by atoms with E-state index in [1.807, 2.05) is 0 Å². The van der Waals surface area contributed by atoms with E-state index in [2.05, 4.69) is 5.32 Å². The highest BCUT2D eigenvalue weighted by molar-refractivity contribution is 4.73. The molecule has 1 fully saturated rings. The molecule has 1 saturated heterocycles. The molecule has 0 aliphatic carbocycles. The van der Waals surface area contributed by atoms with Crippen LogP contribution in [0.5, 0.6) is 0 Å². The van der Waals surface area contributed by atoms with Gasteiger partial charge in [0.25, 0.3) is 0 Å². The Hall–Kier alpha value is -0.0800. The third-order valence-corrected chi connectivity index (χ3v) is 2.31. The van der Waals surface area contributed by atoms with Crippen LogP contribution < -0.4 is 5.32 Å². The Morgan fingerprint density at radius 3 is 3.00 bits per heavy atom. The van der Waals surface area contributed by atoms with Gasteiger partial charge in [0.05, 0.1) is 0 Å². The Bertz CT molecular complexity index is 89.6. The van der Waals surface area contributed by atoms with E-state index in [9.17, 15) is 0 Å². The lowest BCUT2D eigenvalue weighted by Crippen LogP contribution is -2.20. The van der Waals surface area contributed by atoms with E-state index < -0.39 is 0 Å². The Balaban J connectivity index is 1.86. The first-order chi connectivity index (χ1) is 5.43. The van der Waals surface area contributed by atoms with Gasteiger partial charge in [-0.25, -0.2) is 0 Å². The van der Waals surface area contributed by atoms with E-state index in [-0.39, 0.29) is 0 Å². The number of ether oxygens (including phenoxy) is 1. The van der Waals surface area contributed by atoms with Crippen molar-refractivity contribution in [2.45, 2.75) is 38.1 Å². The second kappa shape index (κ2) is 5.56. The summed E-state index contributed by atoms with van der Waals surface area (Å²) in [5.41, 5.74) is 0. The molecule has 1 aliphatic heterocycles. The van der Waals surface area contributed by atoms with Crippen LogP contribution in [0.25, 0.3) is 0 Å². The molecule has 1 rings (SSSR count). The topological polar surface area (TPSA) is 21.3 Å². The van der Waals surface area contributed by atoms with E-state index in [1.165, 1.54) is 38.6 Å². The van der Waals surface area contributed by atoms with Crippen LogP contribution in [-0.4, -0.2) is 26.3 Å². The number of hydrogen-bond donors (Lipinski definition) is 1. The molecule has 0 radical (unpaired) electrons. The molecular weight excluding hydrogens is 138 g/mol. The monoisotopic (exact) mass is 157 g/mol. The fraction of sp³-hybridized carbons (Fsp3) is 1.00. The smallest absolute Gasteiger partial charge is 0.0462 e.